The molecule has 1 saturated heterocycles. The van der Waals surface area contributed by atoms with Crippen molar-refractivity contribution in [2.75, 3.05) is 19.9 Å². The second-order valence-corrected chi connectivity index (χ2v) is 6.99. The quantitative estimate of drug-likeness (QED) is 0.713. The largest absolute Gasteiger partial charge is 0.454 e. The van der Waals surface area contributed by atoms with E-state index in [1.54, 1.807) is 0 Å². The normalized spacial score (nSPS) is 18.1. The van der Waals surface area contributed by atoms with Gasteiger partial charge in [0.05, 0.1) is 0 Å². The van der Waals surface area contributed by atoms with Gasteiger partial charge in [0.1, 0.15) is 0 Å². The lowest BCUT2D eigenvalue weighted by atomic mass is 9.98. The zero-order valence-corrected chi connectivity index (χ0v) is 14.9. The Labute approximate surface area is 157 Å². The molecule has 1 atom stereocenters. The Morgan fingerprint density at radius 3 is 2.56 bits per heavy atom. The van der Waals surface area contributed by atoms with Crippen LogP contribution in [0.5, 0.6) is 11.5 Å². The van der Waals surface area contributed by atoms with Crippen molar-refractivity contribution in [3.63, 3.8) is 0 Å². The molecule has 5 heteroatoms. The number of carbonyl (C=O) groups is 1. The number of likely N-dealkylation sites (tertiary alicyclic amines) is 1. The molecule has 0 bridgehead atoms. The van der Waals surface area contributed by atoms with Crippen molar-refractivity contribution in [3.05, 3.63) is 78.1 Å². The van der Waals surface area contributed by atoms with Gasteiger partial charge in [0.2, 0.25) is 6.79 Å². The van der Waals surface area contributed by atoms with E-state index >= 15 is 0 Å². The lowest BCUT2D eigenvalue weighted by Gasteiger charge is -2.17. The number of ether oxygens (including phenoxy) is 2. The first-order chi connectivity index (χ1) is 13.3. The van der Waals surface area contributed by atoms with E-state index in [1.807, 2.05) is 70.4 Å². The average molecular weight is 360 g/mol. The maximum atomic E-state index is 12.9. The molecule has 1 amide bonds. The molecular formula is C22H20N2O3. The number of nitrogens with zero attached hydrogens (tertiary/aromatic N) is 2. The third kappa shape index (κ3) is 2.95. The van der Waals surface area contributed by atoms with E-state index in [1.165, 1.54) is 5.56 Å². The van der Waals surface area contributed by atoms with E-state index in [-0.39, 0.29) is 12.7 Å². The van der Waals surface area contributed by atoms with Crippen LogP contribution in [0.3, 0.4) is 0 Å². The van der Waals surface area contributed by atoms with Crippen LogP contribution in [0, 0.1) is 0 Å². The molecule has 27 heavy (non-hydrogen) atoms. The van der Waals surface area contributed by atoms with Gasteiger partial charge in [0.15, 0.2) is 11.5 Å². The Morgan fingerprint density at radius 1 is 0.963 bits per heavy atom. The van der Waals surface area contributed by atoms with Crippen LogP contribution >= 0.6 is 0 Å². The summed E-state index contributed by atoms with van der Waals surface area (Å²) in [7, 11) is 0. The SMILES string of the molecule is O=C(c1ccc(-n2cccc2)cc1)N1CCC(c2ccc3c(c2)OCO3)C1. The summed E-state index contributed by atoms with van der Waals surface area (Å²) >= 11 is 0. The van der Waals surface area contributed by atoms with Crippen LogP contribution < -0.4 is 9.47 Å². The van der Waals surface area contributed by atoms with Crippen LogP contribution in [0.1, 0.15) is 28.3 Å². The summed E-state index contributed by atoms with van der Waals surface area (Å²) in [5.41, 5.74) is 2.99. The van der Waals surface area contributed by atoms with Crippen molar-refractivity contribution < 1.29 is 14.3 Å². The highest BCUT2D eigenvalue weighted by atomic mass is 16.7. The molecule has 136 valence electrons. The van der Waals surface area contributed by atoms with Gasteiger partial charge >= 0.3 is 0 Å². The van der Waals surface area contributed by atoms with Gasteiger partial charge in [-0.3, -0.25) is 4.79 Å². The second kappa shape index (κ2) is 6.50. The van der Waals surface area contributed by atoms with E-state index in [9.17, 15) is 4.79 Å². The lowest BCUT2D eigenvalue weighted by Crippen LogP contribution is -2.28. The summed E-state index contributed by atoms with van der Waals surface area (Å²) in [4.78, 5) is 14.8. The first kappa shape index (κ1) is 16.0. The van der Waals surface area contributed by atoms with Gasteiger partial charge in [-0.25, -0.2) is 0 Å². The third-order valence-corrected chi connectivity index (χ3v) is 5.36. The topological polar surface area (TPSA) is 43.7 Å². The molecule has 5 rings (SSSR count). The number of hydrogen-bond donors (Lipinski definition) is 0. The number of benzene rings is 2. The molecule has 1 aromatic heterocycles. The second-order valence-electron chi connectivity index (χ2n) is 6.99. The van der Waals surface area contributed by atoms with Gasteiger partial charge in [-0.2, -0.15) is 0 Å². The number of fused-ring (bicyclic) bond motifs is 1. The van der Waals surface area contributed by atoms with E-state index in [0.29, 0.717) is 5.92 Å². The van der Waals surface area contributed by atoms with Gasteiger partial charge in [0.25, 0.3) is 5.91 Å². The maximum Gasteiger partial charge on any atom is 0.253 e. The molecule has 1 fully saturated rings. The molecule has 0 N–H and O–H groups in total. The Hall–Kier alpha value is -3.21. The molecular weight excluding hydrogens is 340 g/mol. The van der Waals surface area contributed by atoms with Crippen molar-refractivity contribution in [2.45, 2.75) is 12.3 Å². The third-order valence-electron chi connectivity index (χ3n) is 5.36. The fourth-order valence-electron chi connectivity index (χ4n) is 3.85. The number of aromatic nitrogens is 1. The molecule has 0 aliphatic carbocycles. The van der Waals surface area contributed by atoms with Crippen LogP contribution in [-0.2, 0) is 0 Å². The predicted molar refractivity (Wildman–Crippen MR) is 102 cm³/mol. The smallest absolute Gasteiger partial charge is 0.253 e. The Kier molecular flexibility index (Phi) is 3.85. The van der Waals surface area contributed by atoms with Crippen molar-refractivity contribution in [1.82, 2.24) is 9.47 Å². The molecule has 2 aliphatic rings. The highest BCUT2D eigenvalue weighted by Gasteiger charge is 2.29. The van der Waals surface area contributed by atoms with Crippen LogP contribution in [0.25, 0.3) is 5.69 Å². The predicted octanol–water partition coefficient (Wildman–Crippen LogP) is 3.84. The fourth-order valence-corrected chi connectivity index (χ4v) is 3.85. The number of hydrogen-bond acceptors (Lipinski definition) is 3. The molecule has 2 aromatic carbocycles. The summed E-state index contributed by atoms with van der Waals surface area (Å²) in [6, 6.07) is 17.8. The fraction of sp³-hybridized carbons (Fsp3) is 0.227. The van der Waals surface area contributed by atoms with Gasteiger partial charge in [-0.15, -0.1) is 0 Å². The minimum Gasteiger partial charge on any atom is -0.454 e. The number of carbonyl (C=O) groups excluding carboxylic acids is 1. The summed E-state index contributed by atoms with van der Waals surface area (Å²) in [6.45, 7) is 1.79. The standard InChI is InChI=1S/C22H20N2O3/c25-22(16-3-6-19(7-4-16)23-10-1-2-11-23)24-12-9-18(14-24)17-5-8-20-21(13-17)27-15-26-20/h1-8,10-11,13,18H,9,12,14-15H2. The molecule has 5 nitrogen and oxygen atoms in total. The number of amides is 1. The summed E-state index contributed by atoms with van der Waals surface area (Å²) in [6.07, 6.45) is 4.95. The highest BCUT2D eigenvalue weighted by Crippen LogP contribution is 2.37. The van der Waals surface area contributed by atoms with Crippen molar-refractivity contribution in [1.29, 1.82) is 0 Å². The molecule has 3 heterocycles. The van der Waals surface area contributed by atoms with E-state index in [2.05, 4.69) is 6.07 Å². The molecule has 0 spiro atoms. The summed E-state index contributed by atoms with van der Waals surface area (Å²) in [5, 5.41) is 0. The van der Waals surface area contributed by atoms with Crippen molar-refractivity contribution >= 4 is 5.91 Å². The van der Waals surface area contributed by atoms with E-state index in [4.69, 9.17) is 9.47 Å². The molecule has 0 radical (unpaired) electrons. The Balaban J connectivity index is 1.29. The van der Waals surface area contributed by atoms with Crippen molar-refractivity contribution in [2.24, 2.45) is 0 Å². The monoisotopic (exact) mass is 360 g/mol. The zero-order chi connectivity index (χ0) is 18.2. The first-order valence-electron chi connectivity index (χ1n) is 9.20. The Morgan fingerprint density at radius 2 is 1.74 bits per heavy atom. The van der Waals surface area contributed by atoms with Gasteiger partial charge in [-0.1, -0.05) is 6.07 Å². The highest BCUT2D eigenvalue weighted by molar-refractivity contribution is 5.94. The van der Waals surface area contributed by atoms with Crippen LogP contribution in [0.15, 0.2) is 67.0 Å². The van der Waals surface area contributed by atoms with Crippen molar-refractivity contribution in [3.8, 4) is 17.2 Å². The van der Waals surface area contributed by atoms with Crippen LogP contribution in [-0.4, -0.2) is 35.3 Å². The number of rotatable bonds is 3. The van der Waals surface area contributed by atoms with Crippen LogP contribution in [0.4, 0.5) is 0 Å². The van der Waals surface area contributed by atoms with Crippen LogP contribution in [0.2, 0.25) is 0 Å². The summed E-state index contributed by atoms with van der Waals surface area (Å²) < 4.78 is 12.9. The molecule has 3 aromatic rings. The first-order valence-corrected chi connectivity index (χ1v) is 9.20. The lowest BCUT2D eigenvalue weighted by molar-refractivity contribution is 0.0791. The Bertz CT molecular complexity index is 964. The zero-order valence-electron chi connectivity index (χ0n) is 14.9. The van der Waals surface area contributed by atoms with E-state index < -0.39 is 0 Å². The molecule has 0 saturated carbocycles. The maximum absolute atomic E-state index is 12.9. The minimum absolute atomic E-state index is 0.0947. The minimum atomic E-state index is 0.0947. The van der Waals surface area contributed by atoms with Gasteiger partial charge in [0, 0.05) is 42.7 Å². The summed E-state index contributed by atoms with van der Waals surface area (Å²) in [5.74, 6) is 2.03. The molecule has 2 aliphatic heterocycles. The van der Waals surface area contributed by atoms with Gasteiger partial charge in [-0.05, 0) is 60.5 Å². The van der Waals surface area contributed by atoms with E-state index in [0.717, 1.165) is 42.3 Å². The average Bonchev–Trinajstić information content (AvgIpc) is 3.48. The van der Waals surface area contributed by atoms with Gasteiger partial charge < -0.3 is 18.9 Å². The molecule has 1 unspecified atom stereocenters.